The van der Waals surface area contributed by atoms with Gasteiger partial charge in [-0.3, -0.25) is 4.68 Å². The number of hydrogen-bond donors (Lipinski definition) is 1. The second-order valence-electron chi connectivity index (χ2n) is 10.3. The average Bonchev–Trinajstić information content (AvgIpc) is 3.30. The van der Waals surface area contributed by atoms with Gasteiger partial charge in [-0.2, -0.15) is 5.10 Å². The molecule has 38 heavy (non-hydrogen) atoms. The average molecular weight is 510 g/mol. The van der Waals surface area contributed by atoms with Gasteiger partial charge in [0.1, 0.15) is 5.75 Å². The lowest BCUT2D eigenvalue weighted by Gasteiger charge is -2.34. The second kappa shape index (κ2) is 10.1. The molecule has 2 aliphatic rings. The van der Waals surface area contributed by atoms with Crippen molar-refractivity contribution in [2.75, 3.05) is 50.6 Å². The Morgan fingerprint density at radius 3 is 2.53 bits per heavy atom. The number of hydrogen-bond acceptors (Lipinski definition) is 7. The van der Waals surface area contributed by atoms with E-state index in [1.54, 1.807) is 7.11 Å². The predicted octanol–water partition coefficient (Wildman–Crippen LogP) is 4.63. The van der Waals surface area contributed by atoms with Crippen LogP contribution in [0.5, 0.6) is 5.75 Å². The van der Waals surface area contributed by atoms with Crippen LogP contribution in [0.1, 0.15) is 35.4 Å². The molecule has 2 aromatic carbocycles. The maximum absolute atomic E-state index is 5.77. The fourth-order valence-corrected chi connectivity index (χ4v) is 5.71. The molecule has 0 saturated carbocycles. The third-order valence-electron chi connectivity index (χ3n) is 7.91. The molecule has 3 heterocycles. The highest BCUT2D eigenvalue weighted by Crippen LogP contribution is 2.40. The third kappa shape index (κ3) is 4.49. The first-order chi connectivity index (χ1) is 18.5. The quantitative estimate of drug-likeness (QED) is 0.406. The van der Waals surface area contributed by atoms with Crippen LogP contribution in [0.3, 0.4) is 0 Å². The Labute approximate surface area is 224 Å². The van der Waals surface area contributed by atoms with Crippen molar-refractivity contribution in [3.63, 3.8) is 0 Å². The molecule has 0 radical (unpaired) electrons. The van der Waals surface area contributed by atoms with Crippen LogP contribution >= 0.6 is 0 Å². The van der Waals surface area contributed by atoms with Crippen molar-refractivity contribution >= 4 is 17.3 Å². The van der Waals surface area contributed by atoms with Crippen molar-refractivity contribution in [2.45, 2.75) is 25.7 Å². The predicted molar refractivity (Wildman–Crippen MR) is 152 cm³/mol. The Bertz CT molecular complexity index is 1440. The number of likely N-dealkylation sites (N-methyl/N-ethyl adjacent to an activating group) is 1. The molecule has 4 aromatic rings. The van der Waals surface area contributed by atoms with Crippen molar-refractivity contribution in [2.24, 2.45) is 7.05 Å². The van der Waals surface area contributed by atoms with Gasteiger partial charge in [0.2, 0.25) is 5.95 Å². The van der Waals surface area contributed by atoms with Crippen molar-refractivity contribution in [1.82, 2.24) is 24.6 Å². The summed E-state index contributed by atoms with van der Waals surface area (Å²) in [6.45, 7) is 6.39. The van der Waals surface area contributed by atoms with E-state index in [9.17, 15) is 0 Å². The normalized spacial score (nSPS) is 16.1. The zero-order valence-corrected chi connectivity index (χ0v) is 22.6. The van der Waals surface area contributed by atoms with E-state index in [0.29, 0.717) is 5.95 Å². The molecule has 1 atom stereocenters. The van der Waals surface area contributed by atoms with E-state index < -0.39 is 0 Å². The Morgan fingerprint density at radius 2 is 1.76 bits per heavy atom. The molecule has 8 heteroatoms. The van der Waals surface area contributed by atoms with Gasteiger partial charge in [-0.25, -0.2) is 9.97 Å². The maximum Gasteiger partial charge on any atom is 0.227 e. The number of ether oxygens (including phenoxy) is 1. The Hall–Kier alpha value is -3.91. The molecule has 1 aliphatic heterocycles. The van der Waals surface area contributed by atoms with Gasteiger partial charge in [-0.1, -0.05) is 37.3 Å². The van der Waals surface area contributed by atoms with Crippen molar-refractivity contribution in [3.05, 3.63) is 77.2 Å². The van der Waals surface area contributed by atoms with E-state index in [4.69, 9.17) is 14.8 Å². The molecule has 0 spiro atoms. The van der Waals surface area contributed by atoms with Gasteiger partial charge < -0.3 is 19.9 Å². The molecule has 2 aromatic heterocycles. The molecule has 1 saturated heterocycles. The number of rotatable bonds is 6. The number of methoxy groups -OCH3 is 1. The molecular weight excluding hydrogens is 474 g/mol. The maximum atomic E-state index is 5.77. The van der Waals surface area contributed by atoms with E-state index in [1.165, 1.54) is 16.9 Å². The molecule has 196 valence electrons. The van der Waals surface area contributed by atoms with E-state index in [0.717, 1.165) is 73.0 Å². The molecule has 0 unspecified atom stereocenters. The first-order valence-corrected chi connectivity index (χ1v) is 13.4. The summed E-state index contributed by atoms with van der Waals surface area (Å²) in [5.74, 6) is 1.53. The lowest BCUT2D eigenvalue weighted by atomic mass is 9.87. The van der Waals surface area contributed by atoms with Crippen LogP contribution in [0, 0.1) is 0 Å². The number of aryl methyl sites for hydroxylation is 3. The zero-order chi connectivity index (χ0) is 26.2. The summed E-state index contributed by atoms with van der Waals surface area (Å²) < 4.78 is 7.81. The molecule has 8 nitrogen and oxygen atoms in total. The van der Waals surface area contributed by atoms with E-state index in [-0.39, 0.29) is 5.92 Å². The fraction of sp³-hybridized carbons (Fsp3) is 0.367. The van der Waals surface area contributed by atoms with Crippen LogP contribution in [0.25, 0.3) is 11.3 Å². The third-order valence-corrected chi connectivity index (χ3v) is 7.91. The molecule has 1 fully saturated rings. The number of benzene rings is 2. The molecule has 1 N–H and O–H groups in total. The van der Waals surface area contributed by atoms with E-state index in [1.807, 2.05) is 17.9 Å². The van der Waals surface area contributed by atoms with E-state index in [2.05, 4.69) is 82.6 Å². The minimum Gasteiger partial charge on any atom is -0.494 e. The monoisotopic (exact) mass is 509 g/mol. The van der Waals surface area contributed by atoms with Gasteiger partial charge in [0.25, 0.3) is 0 Å². The van der Waals surface area contributed by atoms with Crippen LogP contribution in [-0.4, -0.2) is 65.0 Å². The Kier molecular flexibility index (Phi) is 6.49. The van der Waals surface area contributed by atoms with Gasteiger partial charge in [0.15, 0.2) is 0 Å². The van der Waals surface area contributed by atoms with Crippen molar-refractivity contribution in [3.8, 4) is 17.0 Å². The minimum absolute atomic E-state index is 0.192. The number of nitrogens with zero attached hydrogens (tertiary/aromatic N) is 6. The lowest BCUT2D eigenvalue weighted by molar-refractivity contribution is 0.312. The summed E-state index contributed by atoms with van der Waals surface area (Å²) in [7, 11) is 5.92. The number of fused-ring (bicyclic) bond motifs is 3. The minimum atomic E-state index is 0.192. The Balaban J connectivity index is 1.32. The summed E-state index contributed by atoms with van der Waals surface area (Å²) in [6.07, 6.45) is 3.75. The van der Waals surface area contributed by atoms with Crippen LogP contribution in [-0.2, 0) is 19.9 Å². The van der Waals surface area contributed by atoms with Gasteiger partial charge in [0, 0.05) is 62.7 Å². The topological polar surface area (TPSA) is 71.3 Å². The lowest BCUT2D eigenvalue weighted by Crippen LogP contribution is -2.44. The van der Waals surface area contributed by atoms with E-state index >= 15 is 0 Å². The zero-order valence-electron chi connectivity index (χ0n) is 22.6. The van der Waals surface area contributed by atoms with Gasteiger partial charge in [-0.15, -0.1) is 0 Å². The Morgan fingerprint density at radius 1 is 0.974 bits per heavy atom. The number of anilines is 3. The first kappa shape index (κ1) is 24.4. The summed E-state index contributed by atoms with van der Waals surface area (Å²) in [5, 5.41) is 8.33. The number of piperazine rings is 1. The fourth-order valence-electron chi connectivity index (χ4n) is 5.71. The standard InChI is InChI=1S/C30H35N7O/c1-20(21-8-6-5-7-9-21)29-27-25(34-36(29)3)12-10-22-19-31-30(33-28(22)27)32-24-13-11-23(18-26(24)38-4)37-16-14-35(2)15-17-37/h5-9,11,13,18-20H,10,12,14-17H2,1-4H3,(H,31,32,33)/t20-/m0/s1. The first-order valence-electron chi connectivity index (χ1n) is 13.4. The van der Waals surface area contributed by atoms with Gasteiger partial charge in [-0.05, 0) is 43.1 Å². The highest BCUT2D eigenvalue weighted by molar-refractivity contribution is 5.74. The van der Waals surface area contributed by atoms with Crippen LogP contribution in [0.2, 0.25) is 0 Å². The number of nitrogens with one attached hydrogen (secondary N) is 1. The second-order valence-corrected chi connectivity index (χ2v) is 10.3. The van der Waals surface area contributed by atoms with Crippen molar-refractivity contribution < 1.29 is 4.74 Å². The number of aromatic nitrogens is 4. The van der Waals surface area contributed by atoms with Gasteiger partial charge >= 0.3 is 0 Å². The summed E-state index contributed by atoms with van der Waals surface area (Å²) in [6, 6.07) is 16.9. The molecule has 0 bridgehead atoms. The molecule has 1 aliphatic carbocycles. The SMILES string of the molecule is COc1cc(N2CCN(C)CC2)ccc1Nc1ncc2c(n1)-c1c(nn(C)c1[C@@H](C)c1ccccc1)CC2. The summed E-state index contributed by atoms with van der Waals surface area (Å²) >= 11 is 0. The van der Waals surface area contributed by atoms with Crippen LogP contribution in [0.15, 0.2) is 54.7 Å². The smallest absolute Gasteiger partial charge is 0.227 e. The molecule has 0 amide bonds. The van der Waals surface area contributed by atoms with Crippen LogP contribution < -0.4 is 15.0 Å². The molecule has 6 rings (SSSR count). The molecular formula is C30H35N7O. The highest BCUT2D eigenvalue weighted by Gasteiger charge is 2.29. The highest BCUT2D eigenvalue weighted by atomic mass is 16.5. The van der Waals surface area contributed by atoms with Crippen molar-refractivity contribution in [1.29, 1.82) is 0 Å². The summed E-state index contributed by atoms with van der Waals surface area (Å²) in [5.41, 5.74) is 8.87. The van der Waals surface area contributed by atoms with Gasteiger partial charge in [0.05, 0.1) is 29.9 Å². The van der Waals surface area contributed by atoms with Crippen LogP contribution in [0.4, 0.5) is 17.3 Å². The largest absolute Gasteiger partial charge is 0.494 e. The summed E-state index contributed by atoms with van der Waals surface area (Å²) in [4.78, 5) is 14.5.